The number of anilines is 1. The van der Waals surface area contributed by atoms with Crippen molar-refractivity contribution in [2.45, 2.75) is 12.8 Å². The van der Waals surface area contributed by atoms with Crippen molar-refractivity contribution >= 4 is 23.2 Å². The van der Waals surface area contributed by atoms with Gasteiger partial charge in [-0.25, -0.2) is 0 Å². The van der Waals surface area contributed by atoms with Crippen LogP contribution in [0.5, 0.6) is 11.5 Å². The van der Waals surface area contributed by atoms with Crippen molar-refractivity contribution in [1.29, 1.82) is 5.26 Å². The second kappa shape index (κ2) is 7.29. The largest absolute Gasteiger partial charge is 0.510 e. The van der Waals surface area contributed by atoms with E-state index in [0.717, 1.165) is 12.8 Å². The Morgan fingerprint density at radius 2 is 1.68 bits per heavy atom. The van der Waals surface area contributed by atoms with Gasteiger partial charge in [0.15, 0.2) is 5.57 Å². The summed E-state index contributed by atoms with van der Waals surface area (Å²) in [5.41, 5.74) is 0.272. The minimum Gasteiger partial charge on any atom is -0.510 e. The minimum atomic E-state index is -0.613. The van der Waals surface area contributed by atoms with Crippen LogP contribution in [-0.2, 0) is 4.79 Å². The molecule has 0 radical (unpaired) electrons. The number of carbonyl (C=O) groups is 1. The molecule has 5 nitrogen and oxygen atoms in total. The molecule has 1 saturated carbocycles. The molecule has 0 aromatic heterocycles. The first-order valence-electron chi connectivity index (χ1n) is 7.75. The van der Waals surface area contributed by atoms with E-state index >= 15 is 0 Å². The molecule has 0 atom stereocenters. The highest BCUT2D eigenvalue weighted by atomic mass is 35.5. The molecule has 0 unspecified atom stereocenters. The zero-order valence-corrected chi connectivity index (χ0v) is 14.0. The Morgan fingerprint density at radius 1 is 1.12 bits per heavy atom. The molecule has 1 fully saturated rings. The Hall–Kier alpha value is -2.97. The average Bonchev–Trinajstić information content (AvgIpc) is 3.44. The van der Waals surface area contributed by atoms with Crippen LogP contribution in [0.4, 0.5) is 5.69 Å². The number of rotatable bonds is 5. The molecule has 3 rings (SSSR count). The van der Waals surface area contributed by atoms with Crippen molar-refractivity contribution in [3.8, 4) is 17.6 Å². The summed E-state index contributed by atoms with van der Waals surface area (Å²) in [5, 5.41) is 22.2. The number of aliphatic hydroxyl groups is 1. The highest BCUT2D eigenvalue weighted by Gasteiger charge is 2.30. The molecule has 0 saturated heterocycles. The molecule has 0 heterocycles. The summed E-state index contributed by atoms with van der Waals surface area (Å²) in [6.07, 6.45) is 1.61. The first-order chi connectivity index (χ1) is 12.1. The molecule has 1 aliphatic rings. The molecule has 1 amide bonds. The van der Waals surface area contributed by atoms with Gasteiger partial charge in [0.05, 0.1) is 0 Å². The van der Waals surface area contributed by atoms with Gasteiger partial charge >= 0.3 is 0 Å². The molecule has 0 bridgehead atoms. The summed E-state index contributed by atoms with van der Waals surface area (Å²) in [4.78, 5) is 12.1. The summed E-state index contributed by atoms with van der Waals surface area (Å²) < 4.78 is 5.67. The number of halogens is 1. The highest BCUT2D eigenvalue weighted by molar-refractivity contribution is 6.30. The molecule has 2 N–H and O–H groups in total. The predicted octanol–water partition coefficient (Wildman–Crippen LogP) is 4.82. The van der Waals surface area contributed by atoms with E-state index in [1.54, 1.807) is 54.6 Å². The number of nitrogens with zero attached hydrogens (tertiary/aromatic N) is 1. The van der Waals surface area contributed by atoms with Gasteiger partial charge in [-0.15, -0.1) is 0 Å². The summed E-state index contributed by atoms with van der Waals surface area (Å²) in [7, 11) is 0. The molecule has 0 spiro atoms. The molecule has 2 aromatic carbocycles. The monoisotopic (exact) mass is 354 g/mol. The van der Waals surface area contributed by atoms with Gasteiger partial charge in [0.1, 0.15) is 23.3 Å². The van der Waals surface area contributed by atoms with E-state index in [4.69, 9.17) is 21.6 Å². The fourth-order valence-corrected chi connectivity index (χ4v) is 2.35. The van der Waals surface area contributed by atoms with Crippen molar-refractivity contribution in [3.63, 3.8) is 0 Å². The smallest absolute Gasteiger partial charge is 0.269 e. The van der Waals surface area contributed by atoms with Crippen molar-refractivity contribution < 1.29 is 14.6 Å². The number of nitriles is 1. The summed E-state index contributed by atoms with van der Waals surface area (Å²) in [6, 6.07) is 15.4. The van der Waals surface area contributed by atoms with Crippen molar-refractivity contribution in [2.24, 2.45) is 5.92 Å². The van der Waals surface area contributed by atoms with E-state index in [1.807, 2.05) is 0 Å². The maximum Gasteiger partial charge on any atom is 0.269 e. The first-order valence-corrected chi connectivity index (χ1v) is 8.12. The van der Waals surface area contributed by atoms with Gasteiger partial charge < -0.3 is 15.2 Å². The molecule has 6 heteroatoms. The van der Waals surface area contributed by atoms with E-state index in [2.05, 4.69) is 5.32 Å². The van der Waals surface area contributed by atoms with Crippen LogP contribution in [0.3, 0.4) is 0 Å². The molecule has 25 heavy (non-hydrogen) atoms. The molecule has 126 valence electrons. The Morgan fingerprint density at radius 3 is 2.20 bits per heavy atom. The third kappa shape index (κ3) is 4.31. The van der Waals surface area contributed by atoms with Crippen LogP contribution in [0.25, 0.3) is 0 Å². The zero-order valence-electron chi connectivity index (χ0n) is 13.2. The van der Waals surface area contributed by atoms with Gasteiger partial charge in [-0.1, -0.05) is 11.6 Å². The normalized spacial score (nSPS) is 14.2. The number of amides is 1. The second-order valence-corrected chi connectivity index (χ2v) is 6.12. The van der Waals surface area contributed by atoms with E-state index in [9.17, 15) is 9.90 Å². The fourth-order valence-electron chi connectivity index (χ4n) is 2.22. The third-order valence-corrected chi connectivity index (χ3v) is 3.97. The number of aliphatic hydroxyl groups excluding tert-OH is 1. The van der Waals surface area contributed by atoms with Gasteiger partial charge in [-0.3, -0.25) is 4.79 Å². The van der Waals surface area contributed by atoms with Crippen molar-refractivity contribution in [1.82, 2.24) is 0 Å². The summed E-state index contributed by atoms with van der Waals surface area (Å²) >= 11 is 5.83. The number of hydrogen-bond acceptors (Lipinski definition) is 4. The van der Waals surface area contributed by atoms with Gasteiger partial charge in [0.2, 0.25) is 0 Å². The Labute approximate surface area is 150 Å². The number of benzene rings is 2. The topological polar surface area (TPSA) is 82.4 Å². The number of allylic oxidation sites excluding steroid dienone is 1. The SMILES string of the molecule is N#C/C(C(=O)Nc1ccc(Oc2ccc(Cl)cc2)cc1)=C(/O)C1CC1. The van der Waals surface area contributed by atoms with Gasteiger partial charge in [0, 0.05) is 16.6 Å². The van der Waals surface area contributed by atoms with Crippen LogP contribution < -0.4 is 10.1 Å². The fraction of sp³-hybridized carbons (Fsp3) is 0.158. The lowest BCUT2D eigenvalue weighted by atomic mass is 10.1. The second-order valence-electron chi connectivity index (χ2n) is 5.68. The van der Waals surface area contributed by atoms with Crippen molar-refractivity contribution in [2.75, 3.05) is 5.32 Å². The molecule has 1 aliphatic carbocycles. The standard InChI is InChI=1S/C19H15ClN2O3/c20-13-3-7-15(8-4-13)25-16-9-5-14(6-10-16)22-19(24)17(11-21)18(23)12-1-2-12/h3-10,12,23H,1-2H2,(H,22,24)/b18-17-. The van der Waals surface area contributed by atoms with Gasteiger partial charge in [0.25, 0.3) is 5.91 Å². The molecular weight excluding hydrogens is 340 g/mol. The molecule has 0 aliphatic heterocycles. The van der Waals surface area contributed by atoms with Gasteiger partial charge in [-0.2, -0.15) is 5.26 Å². The van der Waals surface area contributed by atoms with Crippen LogP contribution >= 0.6 is 11.6 Å². The minimum absolute atomic E-state index is 0.0597. The molecule has 2 aromatic rings. The zero-order chi connectivity index (χ0) is 17.8. The van der Waals surface area contributed by atoms with Gasteiger partial charge in [-0.05, 0) is 61.4 Å². The highest BCUT2D eigenvalue weighted by Crippen LogP contribution is 2.36. The van der Waals surface area contributed by atoms with E-state index in [-0.39, 0.29) is 17.3 Å². The van der Waals surface area contributed by atoms with Crippen LogP contribution in [0.2, 0.25) is 5.02 Å². The van der Waals surface area contributed by atoms with Crippen LogP contribution in [0.15, 0.2) is 59.9 Å². The van der Waals surface area contributed by atoms with E-state index in [1.165, 1.54) is 0 Å². The average molecular weight is 355 g/mol. The molecular formula is C19H15ClN2O3. The van der Waals surface area contributed by atoms with Crippen molar-refractivity contribution in [3.05, 3.63) is 64.9 Å². The van der Waals surface area contributed by atoms with Crippen LogP contribution in [0.1, 0.15) is 12.8 Å². The quantitative estimate of drug-likeness (QED) is 0.458. The van der Waals surface area contributed by atoms with E-state index in [0.29, 0.717) is 22.2 Å². The Balaban J connectivity index is 1.66. The van der Waals surface area contributed by atoms with E-state index < -0.39 is 5.91 Å². The maximum atomic E-state index is 12.1. The first kappa shape index (κ1) is 16.9. The lowest BCUT2D eigenvalue weighted by Gasteiger charge is -2.08. The summed E-state index contributed by atoms with van der Waals surface area (Å²) in [5.74, 6) is 0.443. The van der Waals surface area contributed by atoms with Crippen LogP contribution in [-0.4, -0.2) is 11.0 Å². The van der Waals surface area contributed by atoms with Crippen LogP contribution in [0, 0.1) is 17.2 Å². The lowest BCUT2D eigenvalue weighted by Crippen LogP contribution is -2.15. The number of nitrogens with one attached hydrogen (secondary N) is 1. The third-order valence-electron chi connectivity index (χ3n) is 3.72. The Kier molecular flexibility index (Phi) is 4.92. The number of hydrogen-bond donors (Lipinski definition) is 2. The number of ether oxygens (including phenoxy) is 1. The summed E-state index contributed by atoms with van der Waals surface area (Å²) in [6.45, 7) is 0. The number of carbonyl (C=O) groups excluding carboxylic acids is 1. The lowest BCUT2D eigenvalue weighted by molar-refractivity contribution is -0.112. The predicted molar refractivity (Wildman–Crippen MR) is 94.6 cm³/mol. The Bertz CT molecular complexity index is 848. The maximum absolute atomic E-state index is 12.1.